The van der Waals surface area contributed by atoms with E-state index >= 15 is 0 Å². The molecule has 1 fully saturated rings. The van der Waals surface area contributed by atoms with Crippen molar-refractivity contribution in [1.29, 1.82) is 0 Å². The molecule has 1 aromatic heterocycles. The van der Waals surface area contributed by atoms with Gasteiger partial charge in [0, 0.05) is 35.6 Å². The number of halogens is 1. The Morgan fingerprint density at radius 3 is 2.67 bits per heavy atom. The van der Waals surface area contributed by atoms with Gasteiger partial charge in [0.2, 0.25) is 11.8 Å². The van der Waals surface area contributed by atoms with Crippen molar-refractivity contribution in [3.63, 3.8) is 0 Å². The molecule has 2 amide bonds. The van der Waals surface area contributed by atoms with Crippen molar-refractivity contribution < 1.29 is 19.1 Å². The van der Waals surface area contributed by atoms with Crippen LogP contribution in [0.1, 0.15) is 23.2 Å². The van der Waals surface area contributed by atoms with E-state index in [-0.39, 0.29) is 30.0 Å². The van der Waals surface area contributed by atoms with Crippen molar-refractivity contribution in [2.75, 3.05) is 39.6 Å². The van der Waals surface area contributed by atoms with E-state index < -0.39 is 5.97 Å². The Kier molecular flexibility index (Phi) is 7.12. The predicted octanol–water partition coefficient (Wildman–Crippen LogP) is 3.35. The molecule has 0 aliphatic carbocycles. The highest BCUT2D eigenvalue weighted by atomic mass is 35.5. The molecule has 0 saturated carbocycles. The third-order valence-corrected chi connectivity index (χ3v) is 6.26. The smallest absolute Gasteiger partial charge is 0.341 e. The number of hydrogen-bond acceptors (Lipinski definition) is 6. The number of nitrogens with one attached hydrogen (secondary N) is 1. The van der Waals surface area contributed by atoms with Crippen LogP contribution in [0.4, 0.5) is 5.00 Å². The van der Waals surface area contributed by atoms with Gasteiger partial charge >= 0.3 is 5.97 Å². The molecule has 1 aliphatic rings. The topological polar surface area (TPSA) is 79.0 Å². The maximum atomic E-state index is 12.7. The third kappa shape index (κ3) is 4.66. The van der Waals surface area contributed by atoms with E-state index in [0.717, 1.165) is 12.8 Å². The summed E-state index contributed by atoms with van der Waals surface area (Å²) in [6.45, 7) is 0.751. The zero-order chi connectivity index (χ0) is 21.8. The molecule has 160 valence electrons. The highest BCUT2D eigenvalue weighted by Crippen LogP contribution is 2.39. The number of methoxy groups -OCH3 is 1. The zero-order valence-corrected chi connectivity index (χ0v) is 18.7. The molecule has 2 aromatic rings. The largest absolute Gasteiger partial charge is 0.465 e. The van der Waals surface area contributed by atoms with Gasteiger partial charge in [-0.25, -0.2) is 4.79 Å². The quantitative estimate of drug-likeness (QED) is 0.684. The van der Waals surface area contributed by atoms with Crippen molar-refractivity contribution in [2.24, 2.45) is 0 Å². The Morgan fingerprint density at radius 1 is 1.27 bits per heavy atom. The van der Waals surface area contributed by atoms with Crippen LogP contribution in [-0.2, 0) is 14.3 Å². The molecular weight excluding hydrogens is 426 g/mol. The lowest BCUT2D eigenvalue weighted by atomic mass is 10.0. The average Bonchev–Trinajstić information content (AvgIpc) is 3.34. The number of rotatable bonds is 6. The number of esters is 1. The lowest BCUT2D eigenvalue weighted by Crippen LogP contribution is -2.45. The number of likely N-dealkylation sites (N-methyl/N-ethyl adjacent to an activating group) is 1. The molecule has 0 unspecified atom stereocenters. The lowest BCUT2D eigenvalue weighted by molar-refractivity contribution is -0.133. The fraction of sp³-hybridized carbons (Fsp3) is 0.381. The summed E-state index contributed by atoms with van der Waals surface area (Å²) in [5.41, 5.74) is 1.56. The van der Waals surface area contributed by atoms with Gasteiger partial charge in [-0.3, -0.25) is 14.5 Å². The van der Waals surface area contributed by atoms with Gasteiger partial charge < -0.3 is 15.0 Å². The van der Waals surface area contributed by atoms with E-state index in [4.69, 9.17) is 16.3 Å². The van der Waals surface area contributed by atoms with Gasteiger partial charge in [-0.1, -0.05) is 29.8 Å². The first-order chi connectivity index (χ1) is 14.3. The summed E-state index contributed by atoms with van der Waals surface area (Å²) in [4.78, 5) is 41.0. The second-order valence-corrected chi connectivity index (χ2v) is 8.52. The first-order valence-electron chi connectivity index (χ1n) is 9.53. The normalized spacial score (nSPS) is 16.3. The zero-order valence-electron chi connectivity index (χ0n) is 17.1. The minimum atomic E-state index is -0.552. The highest BCUT2D eigenvalue weighted by Gasteiger charge is 2.33. The summed E-state index contributed by atoms with van der Waals surface area (Å²) in [6.07, 6.45) is 1.59. The Balaban J connectivity index is 1.81. The molecular formula is C21H24ClN3O4S. The Labute approximate surface area is 184 Å². The summed E-state index contributed by atoms with van der Waals surface area (Å²) in [7, 11) is 4.72. The summed E-state index contributed by atoms with van der Waals surface area (Å²) in [6, 6.07) is 6.88. The molecule has 1 atom stereocenters. The van der Waals surface area contributed by atoms with Crippen molar-refractivity contribution in [3.8, 4) is 11.1 Å². The SMILES string of the molecule is COC(=O)c1c(-c2ccccc2Cl)csc1NC(=O)CN1CCC[C@@H]1C(=O)N(C)C. The Bertz CT molecular complexity index is 959. The van der Waals surface area contributed by atoms with Crippen LogP contribution in [-0.4, -0.2) is 67.9 Å². The number of benzene rings is 1. The van der Waals surface area contributed by atoms with Crippen LogP contribution < -0.4 is 5.32 Å². The third-order valence-electron chi connectivity index (χ3n) is 5.03. The van der Waals surface area contributed by atoms with E-state index in [1.54, 1.807) is 36.5 Å². The number of anilines is 1. The summed E-state index contributed by atoms with van der Waals surface area (Å²) < 4.78 is 4.94. The lowest BCUT2D eigenvalue weighted by Gasteiger charge is -2.25. The summed E-state index contributed by atoms with van der Waals surface area (Å²) in [5.74, 6) is -0.845. The van der Waals surface area contributed by atoms with E-state index in [2.05, 4.69) is 5.32 Å². The van der Waals surface area contributed by atoms with Gasteiger partial charge in [0.05, 0.1) is 19.7 Å². The number of carbonyl (C=O) groups is 3. The monoisotopic (exact) mass is 449 g/mol. The van der Waals surface area contributed by atoms with Crippen LogP contribution in [0.5, 0.6) is 0 Å². The molecule has 1 N–H and O–H groups in total. The first-order valence-corrected chi connectivity index (χ1v) is 10.8. The molecule has 3 rings (SSSR count). The van der Waals surface area contributed by atoms with Crippen molar-refractivity contribution in [2.45, 2.75) is 18.9 Å². The van der Waals surface area contributed by atoms with Crippen molar-refractivity contribution in [3.05, 3.63) is 40.2 Å². The van der Waals surface area contributed by atoms with E-state index in [0.29, 0.717) is 27.7 Å². The molecule has 2 heterocycles. The average molecular weight is 450 g/mol. The van der Waals surface area contributed by atoms with Crippen LogP contribution in [0.2, 0.25) is 5.02 Å². The number of thiophene rings is 1. The van der Waals surface area contributed by atoms with Crippen LogP contribution in [0, 0.1) is 0 Å². The number of carbonyl (C=O) groups excluding carboxylic acids is 3. The van der Waals surface area contributed by atoms with Crippen LogP contribution in [0.15, 0.2) is 29.6 Å². The number of amides is 2. The highest BCUT2D eigenvalue weighted by molar-refractivity contribution is 7.15. The molecule has 1 aliphatic heterocycles. The van der Waals surface area contributed by atoms with Gasteiger partial charge in [-0.15, -0.1) is 11.3 Å². The van der Waals surface area contributed by atoms with E-state index in [9.17, 15) is 14.4 Å². The van der Waals surface area contributed by atoms with Crippen LogP contribution in [0.25, 0.3) is 11.1 Å². The number of hydrogen-bond donors (Lipinski definition) is 1. The van der Waals surface area contributed by atoms with E-state index in [1.807, 2.05) is 17.0 Å². The second-order valence-electron chi connectivity index (χ2n) is 7.23. The maximum absolute atomic E-state index is 12.7. The fourth-order valence-corrected chi connectivity index (χ4v) is 4.78. The van der Waals surface area contributed by atoms with Gasteiger partial charge in [-0.05, 0) is 25.5 Å². The summed E-state index contributed by atoms with van der Waals surface area (Å²) in [5, 5.41) is 5.50. The summed E-state index contributed by atoms with van der Waals surface area (Å²) >= 11 is 7.54. The molecule has 9 heteroatoms. The Hall–Kier alpha value is -2.42. The molecule has 1 saturated heterocycles. The minimum Gasteiger partial charge on any atom is -0.465 e. The maximum Gasteiger partial charge on any atom is 0.341 e. The number of likely N-dealkylation sites (tertiary alicyclic amines) is 1. The molecule has 0 spiro atoms. The van der Waals surface area contributed by atoms with Gasteiger partial charge in [-0.2, -0.15) is 0 Å². The molecule has 0 radical (unpaired) electrons. The molecule has 7 nitrogen and oxygen atoms in total. The second kappa shape index (κ2) is 9.59. The van der Waals surface area contributed by atoms with Crippen LogP contribution >= 0.6 is 22.9 Å². The van der Waals surface area contributed by atoms with Gasteiger partial charge in [0.1, 0.15) is 10.6 Å². The van der Waals surface area contributed by atoms with Gasteiger partial charge in [0.15, 0.2) is 0 Å². The van der Waals surface area contributed by atoms with E-state index in [1.165, 1.54) is 18.4 Å². The van der Waals surface area contributed by atoms with Crippen LogP contribution in [0.3, 0.4) is 0 Å². The number of ether oxygens (including phenoxy) is 1. The number of nitrogens with zero attached hydrogens (tertiary/aromatic N) is 2. The first kappa shape index (κ1) is 22.3. The fourth-order valence-electron chi connectivity index (χ4n) is 3.58. The Morgan fingerprint density at radius 2 is 2.00 bits per heavy atom. The van der Waals surface area contributed by atoms with Gasteiger partial charge in [0.25, 0.3) is 0 Å². The molecule has 0 bridgehead atoms. The molecule has 1 aromatic carbocycles. The standard InChI is InChI=1S/C21H24ClN3O4S/c1-24(2)20(27)16-9-6-10-25(16)11-17(26)23-19-18(21(28)29-3)14(12-30-19)13-7-4-5-8-15(13)22/h4-5,7-8,12,16H,6,9-11H2,1-3H3,(H,23,26)/t16-/m1/s1. The molecule has 30 heavy (non-hydrogen) atoms. The minimum absolute atomic E-state index is 0.00678. The van der Waals surface area contributed by atoms with Crippen molar-refractivity contribution in [1.82, 2.24) is 9.80 Å². The predicted molar refractivity (Wildman–Crippen MR) is 118 cm³/mol. The van der Waals surface area contributed by atoms with Crippen molar-refractivity contribution >= 4 is 45.7 Å².